The maximum absolute atomic E-state index is 12.9. The van der Waals surface area contributed by atoms with Crippen molar-refractivity contribution < 1.29 is 21.6 Å². The number of amides is 1. The number of anilines is 1. The number of carbonyl (C=O) groups excluding carboxylic acids is 1. The second-order valence-corrected chi connectivity index (χ2v) is 10.4. The number of nitrogens with one attached hydrogen (secondary N) is 1. The molecule has 2 aromatic rings. The van der Waals surface area contributed by atoms with Crippen LogP contribution in [0.3, 0.4) is 0 Å². The van der Waals surface area contributed by atoms with Crippen molar-refractivity contribution in [1.82, 2.24) is 4.31 Å². The monoisotopic (exact) mass is 453 g/mol. The van der Waals surface area contributed by atoms with Crippen molar-refractivity contribution in [1.29, 1.82) is 0 Å². The first-order valence-electron chi connectivity index (χ1n) is 9.39. The number of primary sulfonamides is 1. The molecule has 2 aromatic carbocycles. The SMILES string of the molecule is CCN(CC)S(=O)(=O)c1cc(NC(=O)c2cc(C)c(C)c(S(N)(=O)=O)c2)ccc1C. The number of hydrogen-bond acceptors (Lipinski definition) is 5. The fourth-order valence-corrected chi connectivity index (χ4v) is 5.70. The highest BCUT2D eigenvalue weighted by Crippen LogP contribution is 2.25. The van der Waals surface area contributed by atoms with E-state index in [1.165, 1.54) is 16.4 Å². The number of rotatable bonds is 7. The predicted octanol–water partition coefficient (Wildman–Crippen LogP) is 2.54. The van der Waals surface area contributed by atoms with Gasteiger partial charge in [0.15, 0.2) is 0 Å². The number of sulfonamides is 2. The van der Waals surface area contributed by atoms with E-state index in [0.717, 1.165) is 0 Å². The van der Waals surface area contributed by atoms with Gasteiger partial charge >= 0.3 is 0 Å². The van der Waals surface area contributed by atoms with E-state index < -0.39 is 26.0 Å². The summed E-state index contributed by atoms with van der Waals surface area (Å²) < 4.78 is 50.8. The Bertz CT molecular complexity index is 1190. The molecule has 1 amide bonds. The standard InChI is InChI=1S/C20H27N3O5S2/c1-6-23(7-2)30(27,28)18-12-17(9-8-13(18)3)22-20(24)16-10-14(4)15(5)19(11-16)29(21,25)26/h8-12H,6-7H2,1-5H3,(H,22,24)(H2,21,25,26). The van der Waals surface area contributed by atoms with Gasteiger partial charge in [0.1, 0.15) is 0 Å². The summed E-state index contributed by atoms with van der Waals surface area (Å²) in [6, 6.07) is 7.39. The summed E-state index contributed by atoms with van der Waals surface area (Å²) in [4.78, 5) is 12.7. The number of benzene rings is 2. The van der Waals surface area contributed by atoms with Gasteiger partial charge in [-0.3, -0.25) is 4.79 Å². The third-order valence-corrected chi connectivity index (χ3v) is 8.19. The lowest BCUT2D eigenvalue weighted by molar-refractivity contribution is 0.102. The molecule has 3 N–H and O–H groups in total. The van der Waals surface area contributed by atoms with Crippen molar-refractivity contribution in [3.05, 3.63) is 52.6 Å². The van der Waals surface area contributed by atoms with Crippen LogP contribution in [0.5, 0.6) is 0 Å². The van der Waals surface area contributed by atoms with Gasteiger partial charge < -0.3 is 5.32 Å². The van der Waals surface area contributed by atoms with E-state index in [9.17, 15) is 21.6 Å². The summed E-state index contributed by atoms with van der Waals surface area (Å²) in [5.41, 5.74) is 2.02. The molecule has 0 radical (unpaired) electrons. The topological polar surface area (TPSA) is 127 Å². The van der Waals surface area contributed by atoms with Crippen LogP contribution in [0, 0.1) is 20.8 Å². The molecule has 0 saturated heterocycles. The van der Waals surface area contributed by atoms with Crippen LogP contribution in [0.25, 0.3) is 0 Å². The largest absolute Gasteiger partial charge is 0.322 e. The van der Waals surface area contributed by atoms with Gasteiger partial charge in [-0.1, -0.05) is 19.9 Å². The molecule has 10 heteroatoms. The molecule has 0 unspecified atom stereocenters. The molecule has 0 spiro atoms. The van der Waals surface area contributed by atoms with Crippen molar-refractivity contribution in [2.45, 2.75) is 44.4 Å². The lowest BCUT2D eigenvalue weighted by atomic mass is 10.1. The van der Waals surface area contributed by atoms with E-state index in [4.69, 9.17) is 5.14 Å². The fraction of sp³-hybridized carbons (Fsp3) is 0.350. The third-order valence-electron chi connectivity index (χ3n) is 4.96. The van der Waals surface area contributed by atoms with E-state index in [1.54, 1.807) is 52.8 Å². The molecule has 0 aromatic heterocycles. The number of carbonyl (C=O) groups is 1. The zero-order valence-corrected chi connectivity index (χ0v) is 19.3. The van der Waals surface area contributed by atoms with E-state index in [-0.39, 0.29) is 21.0 Å². The van der Waals surface area contributed by atoms with Gasteiger partial charge in [0.2, 0.25) is 20.0 Å². The first-order chi connectivity index (χ1) is 13.8. The van der Waals surface area contributed by atoms with Crippen LogP contribution in [-0.2, 0) is 20.0 Å². The molecule has 0 fully saturated rings. The summed E-state index contributed by atoms with van der Waals surface area (Å²) in [6.07, 6.45) is 0. The quantitative estimate of drug-likeness (QED) is 0.666. The molecule has 0 saturated carbocycles. The summed E-state index contributed by atoms with van der Waals surface area (Å²) in [7, 11) is -7.70. The van der Waals surface area contributed by atoms with E-state index >= 15 is 0 Å². The van der Waals surface area contributed by atoms with Gasteiger partial charge in [-0.25, -0.2) is 22.0 Å². The minimum Gasteiger partial charge on any atom is -0.322 e. The Kier molecular flexibility index (Phi) is 7.08. The maximum atomic E-state index is 12.9. The lowest BCUT2D eigenvalue weighted by Gasteiger charge is -2.20. The summed E-state index contributed by atoms with van der Waals surface area (Å²) in [5, 5.41) is 7.90. The van der Waals surface area contributed by atoms with Crippen LogP contribution in [0.15, 0.2) is 40.1 Å². The van der Waals surface area contributed by atoms with Crippen LogP contribution < -0.4 is 10.5 Å². The highest BCUT2D eigenvalue weighted by Gasteiger charge is 2.24. The van der Waals surface area contributed by atoms with Crippen molar-refractivity contribution in [2.24, 2.45) is 5.14 Å². The Morgan fingerprint density at radius 3 is 2.07 bits per heavy atom. The minimum absolute atomic E-state index is 0.106. The average Bonchev–Trinajstić information content (AvgIpc) is 2.64. The Morgan fingerprint density at radius 2 is 1.53 bits per heavy atom. The van der Waals surface area contributed by atoms with Crippen molar-refractivity contribution >= 4 is 31.6 Å². The van der Waals surface area contributed by atoms with Crippen LogP contribution in [0.2, 0.25) is 0 Å². The fourth-order valence-electron chi connectivity index (χ4n) is 3.12. The van der Waals surface area contributed by atoms with E-state index in [2.05, 4.69) is 5.32 Å². The Balaban J connectivity index is 2.45. The van der Waals surface area contributed by atoms with Gasteiger partial charge in [0.05, 0.1) is 9.79 Å². The molecule has 30 heavy (non-hydrogen) atoms. The molecular formula is C20H27N3O5S2. The first-order valence-corrected chi connectivity index (χ1v) is 12.4. The Morgan fingerprint density at radius 1 is 0.933 bits per heavy atom. The lowest BCUT2D eigenvalue weighted by Crippen LogP contribution is -2.31. The van der Waals surface area contributed by atoms with E-state index in [0.29, 0.717) is 29.8 Å². The van der Waals surface area contributed by atoms with Crippen LogP contribution in [0.1, 0.15) is 40.9 Å². The molecule has 0 atom stereocenters. The third kappa shape index (κ3) is 4.89. The number of aryl methyl sites for hydroxylation is 2. The zero-order valence-electron chi connectivity index (χ0n) is 17.7. The highest BCUT2D eigenvalue weighted by atomic mass is 32.2. The molecule has 8 nitrogen and oxygen atoms in total. The van der Waals surface area contributed by atoms with Gasteiger partial charge in [-0.05, 0) is 61.7 Å². The normalized spacial score (nSPS) is 12.2. The van der Waals surface area contributed by atoms with Gasteiger partial charge in [-0.15, -0.1) is 0 Å². The first kappa shape index (κ1) is 24.0. The summed E-state index contributed by atoms with van der Waals surface area (Å²) in [5.74, 6) is -0.571. The Hall–Kier alpha value is -2.27. The van der Waals surface area contributed by atoms with Gasteiger partial charge in [0.25, 0.3) is 5.91 Å². The van der Waals surface area contributed by atoms with Crippen LogP contribution in [-0.4, -0.2) is 40.1 Å². The zero-order chi connectivity index (χ0) is 22.9. The molecule has 0 aliphatic carbocycles. The number of nitrogens with two attached hydrogens (primary N) is 1. The maximum Gasteiger partial charge on any atom is 0.255 e. The summed E-state index contributed by atoms with van der Waals surface area (Å²) >= 11 is 0. The van der Waals surface area contributed by atoms with Crippen molar-refractivity contribution in [2.75, 3.05) is 18.4 Å². The predicted molar refractivity (Wildman–Crippen MR) is 117 cm³/mol. The molecule has 0 bridgehead atoms. The average molecular weight is 454 g/mol. The number of nitrogens with zero attached hydrogens (tertiary/aromatic N) is 1. The second kappa shape index (κ2) is 8.84. The minimum atomic E-state index is -4.00. The smallest absolute Gasteiger partial charge is 0.255 e. The molecule has 0 heterocycles. The van der Waals surface area contributed by atoms with Gasteiger partial charge in [-0.2, -0.15) is 4.31 Å². The van der Waals surface area contributed by atoms with Crippen molar-refractivity contribution in [3.8, 4) is 0 Å². The van der Waals surface area contributed by atoms with Crippen LogP contribution in [0.4, 0.5) is 5.69 Å². The van der Waals surface area contributed by atoms with Crippen molar-refractivity contribution in [3.63, 3.8) is 0 Å². The molecule has 2 rings (SSSR count). The molecule has 0 aliphatic rings. The highest BCUT2D eigenvalue weighted by molar-refractivity contribution is 7.89. The molecule has 164 valence electrons. The summed E-state index contributed by atoms with van der Waals surface area (Å²) in [6.45, 7) is 9.14. The van der Waals surface area contributed by atoms with Gasteiger partial charge in [0, 0.05) is 24.3 Å². The molecule has 0 aliphatic heterocycles. The second-order valence-electron chi connectivity index (χ2n) is 6.99. The molecular weight excluding hydrogens is 426 g/mol. The van der Waals surface area contributed by atoms with Crippen LogP contribution >= 0.6 is 0 Å². The Labute approximate surface area is 178 Å². The van der Waals surface area contributed by atoms with E-state index in [1.807, 2.05) is 0 Å². The number of hydrogen-bond donors (Lipinski definition) is 2.